The second kappa shape index (κ2) is 4.89. The number of hydrogen-bond acceptors (Lipinski definition) is 2. The highest BCUT2D eigenvalue weighted by Gasteiger charge is 2.16. The molecule has 0 amide bonds. The largest absolute Gasteiger partial charge is 0.487 e. The predicted molar refractivity (Wildman–Crippen MR) is 82.9 cm³/mol. The van der Waals surface area contributed by atoms with Crippen LogP contribution in [0, 0.1) is 6.92 Å². The molecule has 1 aliphatic heterocycles. The van der Waals surface area contributed by atoms with E-state index >= 15 is 0 Å². The number of benzene rings is 2. The van der Waals surface area contributed by atoms with Crippen LogP contribution in [-0.2, 0) is 0 Å². The molecule has 0 spiro atoms. The van der Waals surface area contributed by atoms with E-state index in [0.717, 1.165) is 22.5 Å². The normalized spacial score (nSPS) is 17.3. The Morgan fingerprint density at radius 2 is 2.05 bits per heavy atom. The third kappa shape index (κ3) is 2.47. The number of hydrogen-bond donors (Lipinski definition) is 1. The maximum Gasteiger partial charge on any atom is 0.142 e. The molecule has 2 nitrogen and oxygen atoms in total. The minimum atomic E-state index is 0.229. The molecule has 0 saturated carbocycles. The number of ether oxygens (including phenoxy) is 1. The Bertz CT molecular complexity index is 624. The van der Waals surface area contributed by atoms with Gasteiger partial charge in [0.05, 0.1) is 12.2 Å². The van der Waals surface area contributed by atoms with Crippen LogP contribution in [-0.4, -0.2) is 12.6 Å². The van der Waals surface area contributed by atoms with Crippen LogP contribution in [0.4, 0.5) is 5.69 Å². The van der Waals surface area contributed by atoms with Crippen LogP contribution in [0.2, 0.25) is 0 Å². The van der Waals surface area contributed by atoms with E-state index in [9.17, 15) is 0 Å². The molecule has 0 bridgehead atoms. The Morgan fingerprint density at radius 1 is 1.21 bits per heavy atom. The number of nitrogens with one attached hydrogen (secondary N) is 1. The Kier molecular flexibility index (Phi) is 3.23. The van der Waals surface area contributed by atoms with Gasteiger partial charge in [0.15, 0.2) is 0 Å². The second-order valence-corrected chi connectivity index (χ2v) is 5.90. The molecule has 1 unspecified atom stereocenters. The summed E-state index contributed by atoms with van der Waals surface area (Å²) in [5, 5.41) is 3.42. The third-order valence-electron chi connectivity index (χ3n) is 3.39. The number of anilines is 1. The average molecular weight is 318 g/mol. The van der Waals surface area contributed by atoms with E-state index in [2.05, 4.69) is 71.5 Å². The molecule has 2 aromatic rings. The van der Waals surface area contributed by atoms with E-state index in [4.69, 9.17) is 4.74 Å². The van der Waals surface area contributed by atoms with Gasteiger partial charge in [0.2, 0.25) is 0 Å². The van der Waals surface area contributed by atoms with Crippen molar-refractivity contribution in [3.8, 4) is 16.9 Å². The minimum absolute atomic E-state index is 0.229. The SMILES string of the molecule is Cc1cc(Br)ccc1-c1ccc2c(c1)NCC(C)O2. The van der Waals surface area contributed by atoms with Crippen molar-refractivity contribution in [1.29, 1.82) is 0 Å². The van der Waals surface area contributed by atoms with Crippen molar-refractivity contribution in [2.24, 2.45) is 0 Å². The summed E-state index contributed by atoms with van der Waals surface area (Å²) < 4.78 is 6.91. The summed E-state index contributed by atoms with van der Waals surface area (Å²) >= 11 is 3.50. The molecule has 1 N–H and O–H groups in total. The lowest BCUT2D eigenvalue weighted by Gasteiger charge is -2.25. The molecule has 0 radical (unpaired) electrons. The zero-order chi connectivity index (χ0) is 13.4. The molecule has 0 saturated heterocycles. The van der Waals surface area contributed by atoms with Gasteiger partial charge in [-0.05, 0) is 54.8 Å². The van der Waals surface area contributed by atoms with Gasteiger partial charge >= 0.3 is 0 Å². The fraction of sp³-hybridized carbons (Fsp3) is 0.250. The summed E-state index contributed by atoms with van der Waals surface area (Å²) in [6.07, 6.45) is 0.229. The van der Waals surface area contributed by atoms with Crippen molar-refractivity contribution < 1.29 is 4.74 Å². The average Bonchev–Trinajstić information content (AvgIpc) is 2.38. The quantitative estimate of drug-likeness (QED) is 0.828. The molecule has 1 aliphatic rings. The number of aryl methyl sites for hydroxylation is 1. The van der Waals surface area contributed by atoms with Gasteiger partial charge in [-0.2, -0.15) is 0 Å². The standard InChI is InChI=1S/C16H16BrNO/c1-10-7-13(17)4-5-14(10)12-3-6-16-15(8-12)18-9-11(2)19-16/h3-8,11,18H,9H2,1-2H3. The fourth-order valence-electron chi connectivity index (χ4n) is 2.40. The molecule has 19 heavy (non-hydrogen) atoms. The number of rotatable bonds is 1. The maximum absolute atomic E-state index is 5.80. The van der Waals surface area contributed by atoms with Gasteiger partial charge in [0.1, 0.15) is 11.9 Å². The highest BCUT2D eigenvalue weighted by molar-refractivity contribution is 9.10. The van der Waals surface area contributed by atoms with Gasteiger partial charge in [-0.25, -0.2) is 0 Å². The van der Waals surface area contributed by atoms with Gasteiger partial charge < -0.3 is 10.1 Å². The third-order valence-corrected chi connectivity index (χ3v) is 3.88. The molecule has 3 heteroatoms. The zero-order valence-corrected chi connectivity index (χ0v) is 12.6. The summed E-state index contributed by atoms with van der Waals surface area (Å²) in [6.45, 7) is 5.06. The molecule has 3 rings (SSSR count). The van der Waals surface area contributed by atoms with Gasteiger partial charge in [0.25, 0.3) is 0 Å². The lowest BCUT2D eigenvalue weighted by atomic mass is 9.99. The van der Waals surface area contributed by atoms with Crippen LogP contribution in [0.1, 0.15) is 12.5 Å². The summed E-state index contributed by atoms with van der Waals surface area (Å²) in [5.41, 5.74) is 4.82. The first-order valence-electron chi connectivity index (χ1n) is 6.44. The van der Waals surface area contributed by atoms with E-state index in [1.807, 2.05) is 0 Å². The number of halogens is 1. The van der Waals surface area contributed by atoms with E-state index in [0.29, 0.717) is 0 Å². The van der Waals surface area contributed by atoms with E-state index in [-0.39, 0.29) is 6.10 Å². The zero-order valence-electron chi connectivity index (χ0n) is 11.0. The first kappa shape index (κ1) is 12.5. The van der Waals surface area contributed by atoms with Crippen molar-refractivity contribution in [2.75, 3.05) is 11.9 Å². The van der Waals surface area contributed by atoms with E-state index in [1.165, 1.54) is 16.7 Å². The Labute approximate surface area is 121 Å². The van der Waals surface area contributed by atoms with Crippen LogP contribution in [0.15, 0.2) is 40.9 Å². The minimum Gasteiger partial charge on any atom is -0.487 e. The predicted octanol–water partition coefficient (Wildman–Crippen LogP) is 4.62. The molecule has 0 fully saturated rings. The highest BCUT2D eigenvalue weighted by Crippen LogP contribution is 2.35. The van der Waals surface area contributed by atoms with Gasteiger partial charge in [0, 0.05) is 4.47 Å². The van der Waals surface area contributed by atoms with Crippen molar-refractivity contribution >= 4 is 21.6 Å². The highest BCUT2D eigenvalue weighted by atomic mass is 79.9. The first-order valence-corrected chi connectivity index (χ1v) is 7.24. The van der Waals surface area contributed by atoms with E-state index < -0.39 is 0 Å². The first-order chi connectivity index (χ1) is 9.13. The maximum atomic E-state index is 5.80. The molecule has 0 aliphatic carbocycles. The Balaban J connectivity index is 2.02. The topological polar surface area (TPSA) is 21.3 Å². The molecule has 0 aromatic heterocycles. The van der Waals surface area contributed by atoms with Crippen molar-refractivity contribution in [1.82, 2.24) is 0 Å². The van der Waals surface area contributed by atoms with Crippen LogP contribution >= 0.6 is 15.9 Å². The molecular weight excluding hydrogens is 302 g/mol. The van der Waals surface area contributed by atoms with Gasteiger partial charge in [-0.1, -0.05) is 28.1 Å². The van der Waals surface area contributed by atoms with Gasteiger partial charge in [-0.15, -0.1) is 0 Å². The molecular formula is C16H16BrNO. The second-order valence-electron chi connectivity index (χ2n) is 4.98. The lowest BCUT2D eigenvalue weighted by Crippen LogP contribution is -2.27. The van der Waals surface area contributed by atoms with Crippen molar-refractivity contribution in [2.45, 2.75) is 20.0 Å². The molecule has 1 atom stereocenters. The van der Waals surface area contributed by atoms with Gasteiger partial charge in [-0.3, -0.25) is 0 Å². The molecule has 1 heterocycles. The number of fused-ring (bicyclic) bond motifs is 1. The summed E-state index contributed by atoms with van der Waals surface area (Å²) in [5.74, 6) is 0.942. The summed E-state index contributed by atoms with van der Waals surface area (Å²) in [4.78, 5) is 0. The smallest absolute Gasteiger partial charge is 0.142 e. The molecule has 98 valence electrons. The van der Waals surface area contributed by atoms with Crippen LogP contribution in [0.5, 0.6) is 5.75 Å². The molecule has 2 aromatic carbocycles. The fourth-order valence-corrected chi connectivity index (χ4v) is 2.88. The summed E-state index contributed by atoms with van der Waals surface area (Å²) in [6, 6.07) is 12.7. The van der Waals surface area contributed by atoms with E-state index in [1.54, 1.807) is 0 Å². The Hall–Kier alpha value is -1.48. The van der Waals surface area contributed by atoms with Crippen LogP contribution < -0.4 is 10.1 Å². The van der Waals surface area contributed by atoms with Crippen LogP contribution in [0.25, 0.3) is 11.1 Å². The lowest BCUT2D eigenvalue weighted by molar-refractivity contribution is 0.226. The Morgan fingerprint density at radius 3 is 2.84 bits per heavy atom. The van der Waals surface area contributed by atoms with Crippen molar-refractivity contribution in [3.05, 3.63) is 46.4 Å². The summed E-state index contributed by atoms with van der Waals surface area (Å²) in [7, 11) is 0. The monoisotopic (exact) mass is 317 g/mol. The van der Waals surface area contributed by atoms with Crippen molar-refractivity contribution in [3.63, 3.8) is 0 Å². The van der Waals surface area contributed by atoms with Crippen LogP contribution in [0.3, 0.4) is 0 Å².